The molecule has 68 valence electrons. The zero-order valence-corrected chi connectivity index (χ0v) is 7.20. The summed E-state index contributed by atoms with van der Waals surface area (Å²) in [6, 6.07) is 7.09. The van der Waals surface area contributed by atoms with E-state index < -0.39 is 10.9 Å². The fourth-order valence-electron chi connectivity index (χ4n) is 0.496. The van der Waals surface area contributed by atoms with Gasteiger partial charge in [-0.2, -0.15) is 0 Å². The third-order valence-electron chi connectivity index (χ3n) is 0.936. The van der Waals surface area contributed by atoms with Crippen LogP contribution in [0.4, 0.5) is 11.4 Å². The zero-order chi connectivity index (χ0) is 9.56. The Morgan fingerprint density at radius 2 is 1.08 bits per heavy atom. The summed E-state index contributed by atoms with van der Waals surface area (Å²) >= 11 is 0. The third kappa shape index (κ3) is 6.84. The van der Waals surface area contributed by atoms with Crippen molar-refractivity contribution in [3.05, 3.63) is 24.3 Å². The molecule has 0 saturated carbocycles. The molecule has 0 bridgehead atoms. The summed E-state index contributed by atoms with van der Waals surface area (Å²) in [6.07, 6.45) is 0. The number of hydrogen-bond acceptors (Lipinski definition) is 4. The Hall–Kier alpha value is -1.27. The maximum absolute atomic E-state index is 8.81. The van der Waals surface area contributed by atoms with Gasteiger partial charge in [-0.15, -0.1) is 0 Å². The molecule has 1 rings (SSSR count). The van der Waals surface area contributed by atoms with Gasteiger partial charge in [0.1, 0.15) is 0 Å². The Balaban J connectivity index is 0.000000261. The summed E-state index contributed by atoms with van der Waals surface area (Å²) in [7, 11) is -2.62. The van der Waals surface area contributed by atoms with Gasteiger partial charge in [0.15, 0.2) is 10.9 Å². The monoisotopic (exact) mass is 189 g/mol. The van der Waals surface area contributed by atoms with Crippen molar-refractivity contribution in [2.24, 2.45) is 5.14 Å². The molecule has 0 fully saturated rings. The molecular weight excluding hydrogens is 178 g/mol. The van der Waals surface area contributed by atoms with E-state index >= 15 is 0 Å². The van der Waals surface area contributed by atoms with Crippen LogP contribution in [-0.2, 0) is 10.9 Å². The molecule has 0 atom stereocenters. The molecule has 1 aromatic carbocycles. The lowest BCUT2D eigenvalue weighted by Gasteiger charge is -1.90. The SMILES string of the molecule is N[SH](=O)=O.Nc1ccc(N)cc1. The van der Waals surface area contributed by atoms with Crippen molar-refractivity contribution in [2.75, 3.05) is 11.5 Å². The van der Waals surface area contributed by atoms with Gasteiger partial charge in [-0.25, -0.2) is 13.6 Å². The van der Waals surface area contributed by atoms with E-state index in [9.17, 15) is 0 Å². The molecule has 0 radical (unpaired) electrons. The molecule has 0 aliphatic carbocycles. The first-order valence-electron chi connectivity index (χ1n) is 3.02. The molecule has 0 heterocycles. The maximum atomic E-state index is 8.81. The van der Waals surface area contributed by atoms with Gasteiger partial charge in [0.05, 0.1) is 0 Å². The van der Waals surface area contributed by atoms with Gasteiger partial charge in [-0.1, -0.05) is 0 Å². The van der Waals surface area contributed by atoms with Crippen molar-refractivity contribution in [3.8, 4) is 0 Å². The maximum Gasteiger partial charge on any atom is 0.198 e. The smallest absolute Gasteiger partial charge is 0.198 e. The van der Waals surface area contributed by atoms with Gasteiger partial charge in [0.25, 0.3) is 0 Å². The van der Waals surface area contributed by atoms with E-state index in [0.29, 0.717) is 0 Å². The van der Waals surface area contributed by atoms with Crippen LogP contribution in [0.2, 0.25) is 0 Å². The molecule has 0 aliphatic heterocycles. The van der Waals surface area contributed by atoms with Crippen LogP contribution in [0, 0.1) is 0 Å². The Morgan fingerprint density at radius 1 is 0.917 bits per heavy atom. The van der Waals surface area contributed by atoms with Crippen LogP contribution in [-0.4, -0.2) is 8.42 Å². The molecular formula is C6H11N3O2S. The average molecular weight is 189 g/mol. The first kappa shape index (κ1) is 10.7. The summed E-state index contributed by atoms with van der Waals surface area (Å²) in [4.78, 5) is 0. The quantitative estimate of drug-likeness (QED) is 0.320. The number of thiol groups is 1. The number of anilines is 2. The highest BCUT2D eigenvalue weighted by molar-refractivity contribution is 7.69. The highest BCUT2D eigenvalue weighted by Crippen LogP contribution is 2.04. The fourth-order valence-corrected chi connectivity index (χ4v) is 0.496. The number of nitrogens with two attached hydrogens (primary N) is 3. The highest BCUT2D eigenvalue weighted by Gasteiger charge is 1.80. The van der Waals surface area contributed by atoms with Crippen LogP contribution in [0.25, 0.3) is 0 Å². The second-order valence-electron chi connectivity index (χ2n) is 1.95. The number of rotatable bonds is 0. The Bertz CT molecular complexity index is 265. The molecule has 0 spiro atoms. The summed E-state index contributed by atoms with van der Waals surface area (Å²) < 4.78 is 17.6. The topological polar surface area (TPSA) is 112 Å². The minimum atomic E-state index is -2.62. The number of benzene rings is 1. The molecule has 0 unspecified atom stereocenters. The van der Waals surface area contributed by atoms with Gasteiger partial charge in [-0.3, -0.25) is 0 Å². The van der Waals surface area contributed by atoms with Crippen LogP contribution < -0.4 is 16.6 Å². The van der Waals surface area contributed by atoms with Crippen molar-refractivity contribution in [1.29, 1.82) is 0 Å². The molecule has 0 aromatic heterocycles. The van der Waals surface area contributed by atoms with Gasteiger partial charge in [0.2, 0.25) is 0 Å². The molecule has 0 amide bonds. The fraction of sp³-hybridized carbons (Fsp3) is 0. The van der Waals surface area contributed by atoms with E-state index in [2.05, 4.69) is 5.14 Å². The third-order valence-corrected chi connectivity index (χ3v) is 0.936. The van der Waals surface area contributed by atoms with Crippen LogP contribution >= 0.6 is 0 Å². The van der Waals surface area contributed by atoms with E-state index in [1.807, 2.05) is 0 Å². The van der Waals surface area contributed by atoms with Gasteiger partial charge < -0.3 is 11.5 Å². The van der Waals surface area contributed by atoms with E-state index in [0.717, 1.165) is 11.4 Å². The second-order valence-corrected chi connectivity index (χ2v) is 2.52. The number of hydrogen-bond donors (Lipinski definition) is 4. The first-order valence-corrected chi connectivity index (χ1v) is 4.27. The lowest BCUT2D eigenvalue weighted by atomic mass is 10.3. The highest BCUT2D eigenvalue weighted by atomic mass is 32.2. The summed E-state index contributed by atoms with van der Waals surface area (Å²) in [5.74, 6) is 0. The largest absolute Gasteiger partial charge is 0.399 e. The van der Waals surface area contributed by atoms with Crippen LogP contribution in [0.15, 0.2) is 24.3 Å². The minimum Gasteiger partial charge on any atom is -0.399 e. The van der Waals surface area contributed by atoms with E-state index in [4.69, 9.17) is 19.9 Å². The first-order chi connectivity index (χ1) is 5.52. The normalized spacial score (nSPS) is 8.83. The Morgan fingerprint density at radius 3 is 1.25 bits per heavy atom. The lowest BCUT2D eigenvalue weighted by molar-refractivity contribution is 0.616. The lowest BCUT2D eigenvalue weighted by Crippen LogP contribution is -1.86. The molecule has 12 heavy (non-hydrogen) atoms. The van der Waals surface area contributed by atoms with Crippen molar-refractivity contribution in [3.63, 3.8) is 0 Å². The van der Waals surface area contributed by atoms with Crippen molar-refractivity contribution >= 4 is 22.3 Å². The molecule has 1 aromatic rings. The molecule has 0 aliphatic rings. The molecule has 5 nitrogen and oxygen atoms in total. The standard InChI is InChI=1S/C6H8N2.H3NO2S/c7-5-1-2-6(8)4-3-5;1-4(2)3/h1-4H,7-8H2;4H,(H2,1,2,3). The van der Waals surface area contributed by atoms with Crippen molar-refractivity contribution < 1.29 is 8.42 Å². The van der Waals surface area contributed by atoms with E-state index in [1.54, 1.807) is 24.3 Å². The van der Waals surface area contributed by atoms with Gasteiger partial charge in [0, 0.05) is 11.4 Å². The Labute approximate surface area is 72.2 Å². The van der Waals surface area contributed by atoms with Crippen molar-refractivity contribution in [1.82, 2.24) is 0 Å². The second kappa shape index (κ2) is 5.39. The van der Waals surface area contributed by atoms with Crippen molar-refractivity contribution in [2.45, 2.75) is 0 Å². The van der Waals surface area contributed by atoms with Crippen LogP contribution in [0.3, 0.4) is 0 Å². The average Bonchev–Trinajstić information content (AvgIpc) is 1.94. The zero-order valence-electron chi connectivity index (χ0n) is 6.31. The van der Waals surface area contributed by atoms with E-state index in [-0.39, 0.29) is 0 Å². The van der Waals surface area contributed by atoms with Gasteiger partial charge >= 0.3 is 0 Å². The van der Waals surface area contributed by atoms with Crippen LogP contribution in [0.1, 0.15) is 0 Å². The van der Waals surface area contributed by atoms with E-state index in [1.165, 1.54) is 0 Å². The molecule has 6 N–H and O–H groups in total. The van der Waals surface area contributed by atoms with Crippen LogP contribution in [0.5, 0.6) is 0 Å². The minimum absolute atomic E-state index is 0.749. The summed E-state index contributed by atoms with van der Waals surface area (Å²) in [5, 5.41) is 4.06. The predicted octanol–water partition coefficient (Wildman–Crippen LogP) is -0.677. The summed E-state index contributed by atoms with van der Waals surface area (Å²) in [6.45, 7) is 0. The Kier molecular flexibility index (Phi) is 4.82. The molecule has 0 saturated heterocycles. The molecule has 6 heteroatoms. The van der Waals surface area contributed by atoms with Gasteiger partial charge in [-0.05, 0) is 24.3 Å². The predicted molar refractivity (Wildman–Crippen MR) is 49.8 cm³/mol. The summed E-state index contributed by atoms with van der Waals surface area (Å²) in [5.41, 5.74) is 12.2. The number of nitrogen functional groups attached to an aromatic ring is 2.